The van der Waals surface area contributed by atoms with Crippen molar-refractivity contribution in [2.75, 3.05) is 12.4 Å². The molecule has 1 N–H and O–H groups in total. The van der Waals surface area contributed by atoms with E-state index in [0.717, 1.165) is 35.1 Å². The summed E-state index contributed by atoms with van der Waals surface area (Å²) in [6.45, 7) is 4.83. The zero-order chi connectivity index (χ0) is 22.9. The number of benzene rings is 2. The van der Waals surface area contributed by atoms with Gasteiger partial charge < -0.3 is 9.72 Å². The van der Waals surface area contributed by atoms with E-state index in [2.05, 4.69) is 18.8 Å². The second kappa shape index (κ2) is 12.1. The lowest BCUT2D eigenvalue weighted by Crippen LogP contribution is -2.14. The lowest BCUT2D eigenvalue weighted by atomic mass is 10.0. The van der Waals surface area contributed by atoms with Crippen LogP contribution in [0.2, 0.25) is 5.02 Å². The number of unbranched alkanes of at least 4 members (excludes halogenated alkanes) is 1. The molecule has 0 saturated heterocycles. The van der Waals surface area contributed by atoms with Gasteiger partial charge in [0.1, 0.15) is 0 Å². The first kappa shape index (κ1) is 24.4. The summed E-state index contributed by atoms with van der Waals surface area (Å²) < 4.78 is 5.51. The first-order valence-corrected chi connectivity index (χ1v) is 12.6. The molecule has 170 valence electrons. The highest BCUT2D eigenvalue weighted by Gasteiger charge is 2.17. The first-order valence-electron chi connectivity index (χ1n) is 11.2. The normalized spacial score (nSPS) is 12.1. The van der Waals surface area contributed by atoms with Gasteiger partial charge in [-0.3, -0.25) is 9.59 Å². The van der Waals surface area contributed by atoms with Gasteiger partial charge in [0.25, 0.3) is 0 Å². The fourth-order valence-electron chi connectivity index (χ4n) is 3.63. The lowest BCUT2D eigenvalue weighted by molar-refractivity contribution is -0.144. The fraction of sp³-hybridized carbons (Fsp3) is 0.385. The zero-order valence-corrected chi connectivity index (χ0v) is 20.2. The van der Waals surface area contributed by atoms with Crippen molar-refractivity contribution in [2.45, 2.75) is 50.8 Å². The second-order valence-electron chi connectivity index (χ2n) is 7.92. The molecule has 1 heterocycles. The fourth-order valence-corrected chi connectivity index (χ4v) is 4.79. The molecule has 1 aromatic heterocycles. The van der Waals surface area contributed by atoms with E-state index in [0.29, 0.717) is 40.8 Å². The van der Waals surface area contributed by atoms with Crippen molar-refractivity contribution in [3.05, 3.63) is 64.8 Å². The number of fused-ring (bicyclic) bond motifs is 1. The maximum absolute atomic E-state index is 13.1. The average molecular weight is 472 g/mol. The van der Waals surface area contributed by atoms with Crippen molar-refractivity contribution in [3.8, 4) is 0 Å². The number of carbonyl (C=O) groups is 2. The molecule has 3 rings (SSSR count). The maximum atomic E-state index is 13.1. The summed E-state index contributed by atoms with van der Waals surface area (Å²) in [7, 11) is 0. The van der Waals surface area contributed by atoms with Gasteiger partial charge in [0.2, 0.25) is 0 Å². The second-order valence-corrected chi connectivity index (χ2v) is 9.49. The van der Waals surface area contributed by atoms with Crippen molar-refractivity contribution in [1.82, 2.24) is 4.98 Å². The third kappa shape index (κ3) is 6.39. The third-order valence-electron chi connectivity index (χ3n) is 5.61. The van der Waals surface area contributed by atoms with Crippen LogP contribution in [0.3, 0.4) is 0 Å². The van der Waals surface area contributed by atoms with E-state index in [4.69, 9.17) is 16.3 Å². The Bertz CT molecular complexity index is 1040. The molecule has 0 aliphatic rings. The van der Waals surface area contributed by atoms with E-state index in [9.17, 15) is 9.59 Å². The highest BCUT2D eigenvalue weighted by molar-refractivity contribution is 7.99. The van der Waals surface area contributed by atoms with Crippen LogP contribution in [0.1, 0.15) is 61.9 Å². The Morgan fingerprint density at radius 2 is 1.91 bits per heavy atom. The molecule has 0 aliphatic carbocycles. The van der Waals surface area contributed by atoms with Gasteiger partial charge in [-0.15, -0.1) is 11.8 Å². The Morgan fingerprint density at radius 1 is 1.12 bits per heavy atom. The van der Waals surface area contributed by atoms with E-state index in [1.54, 1.807) is 42.2 Å². The summed E-state index contributed by atoms with van der Waals surface area (Å²) in [6.07, 6.45) is 6.56. The predicted octanol–water partition coefficient (Wildman–Crippen LogP) is 7.29. The maximum Gasteiger partial charge on any atom is 0.306 e. The molecule has 3 aromatic rings. The van der Waals surface area contributed by atoms with E-state index in [1.165, 1.54) is 6.42 Å². The van der Waals surface area contributed by atoms with E-state index >= 15 is 0 Å². The molecule has 0 amide bonds. The van der Waals surface area contributed by atoms with Crippen LogP contribution in [0.15, 0.2) is 53.6 Å². The first-order chi connectivity index (χ1) is 15.5. The number of halogens is 1. The van der Waals surface area contributed by atoms with Gasteiger partial charge >= 0.3 is 5.97 Å². The SMILES string of the molecule is CCCCC(CC)COC(=O)CCSc1cccc2[nH]cc(C(=O)c3ccc(Cl)cc3)c12. The quantitative estimate of drug-likeness (QED) is 0.171. The number of nitrogens with one attached hydrogen (secondary N) is 1. The minimum Gasteiger partial charge on any atom is -0.465 e. The van der Waals surface area contributed by atoms with E-state index < -0.39 is 0 Å². The molecule has 0 bridgehead atoms. The standard InChI is InChI=1S/C26H30ClNO3S/c1-3-5-7-18(4-2)17-31-24(29)14-15-32-23-9-6-8-22-25(23)21(16-28-22)26(30)19-10-12-20(27)13-11-19/h6,8-13,16,18,28H,3-5,7,14-15,17H2,1-2H3. The largest absolute Gasteiger partial charge is 0.465 e. The summed E-state index contributed by atoms with van der Waals surface area (Å²) in [4.78, 5) is 29.5. The number of rotatable bonds is 12. The van der Waals surface area contributed by atoms with Crippen LogP contribution < -0.4 is 0 Å². The molecular formula is C26H30ClNO3S. The number of ether oxygens (including phenoxy) is 1. The molecule has 4 nitrogen and oxygen atoms in total. The topological polar surface area (TPSA) is 59.2 Å². The predicted molar refractivity (Wildman–Crippen MR) is 133 cm³/mol. The molecule has 0 saturated carbocycles. The van der Waals surface area contributed by atoms with Gasteiger partial charge in [0, 0.05) is 43.9 Å². The van der Waals surface area contributed by atoms with Crippen molar-refractivity contribution in [1.29, 1.82) is 0 Å². The monoisotopic (exact) mass is 471 g/mol. The molecule has 32 heavy (non-hydrogen) atoms. The molecule has 6 heteroatoms. The molecule has 0 radical (unpaired) electrons. The van der Waals surface area contributed by atoms with Gasteiger partial charge in [0.05, 0.1) is 13.0 Å². The Balaban J connectivity index is 1.63. The van der Waals surface area contributed by atoms with Crippen LogP contribution in [-0.2, 0) is 9.53 Å². The van der Waals surface area contributed by atoms with Gasteiger partial charge in [0.15, 0.2) is 5.78 Å². The van der Waals surface area contributed by atoms with Gasteiger partial charge in [-0.25, -0.2) is 0 Å². The number of esters is 1. The highest BCUT2D eigenvalue weighted by atomic mass is 35.5. The number of carbonyl (C=O) groups excluding carboxylic acids is 2. The molecular weight excluding hydrogens is 442 g/mol. The smallest absolute Gasteiger partial charge is 0.306 e. The molecule has 1 unspecified atom stereocenters. The van der Waals surface area contributed by atoms with Crippen LogP contribution in [0.25, 0.3) is 10.9 Å². The number of H-pyrrole nitrogens is 1. The van der Waals surface area contributed by atoms with Crippen molar-refractivity contribution < 1.29 is 14.3 Å². The van der Waals surface area contributed by atoms with E-state index in [-0.39, 0.29) is 11.8 Å². The average Bonchev–Trinajstić information content (AvgIpc) is 3.24. The van der Waals surface area contributed by atoms with Crippen molar-refractivity contribution in [2.24, 2.45) is 5.92 Å². The minimum atomic E-state index is -0.161. The Hall–Kier alpha value is -2.24. The summed E-state index contributed by atoms with van der Waals surface area (Å²) in [5, 5.41) is 1.48. The Labute approximate surface area is 199 Å². The number of aromatic nitrogens is 1. The van der Waals surface area contributed by atoms with Gasteiger partial charge in [-0.1, -0.05) is 50.8 Å². The Kier molecular flexibility index (Phi) is 9.24. The van der Waals surface area contributed by atoms with Gasteiger partial charge in [-0.2, -0.15) is 0 Å². The third-order valence-corrected chi connectivity index (χ3v) is 6.92. The number of hydrogen-bond donors (Lipinski definition) is 1. The van der Waals surface area contributed by atoms with E-state index in [1.807, 2.05) is 18.2 Å². The summed E-state index contributed by atoms with van der Waals surface area (Å²) >= 11 is 7.53. The van der Waals surface area contributed by atoms with Crippen molar-refractivity contribution in [3.63, 3.8) is 0 Å². The Morgan fingerprint density at radius 3 is 2.62 bits per heavy atom. The van der Waals surface area contributed by atoms with Crippen molar-refractivity contribution >= 4 is 46.0 Å². The van der Waals surface area contributed by atoms with Gasteiger partial charge in [-0.05, 0) is 48.7 Å². The van der Waals surface area contributed by atoms with Crippen LogP contribution in [0.5, 0.6) is 0 Å². The van der Waals surface area contributed by atoms with Crippen LogP contribution in [0.4, 0.5) is 0 Å². The molecule has 0 fully saturated rings. The lowest BCUT2D eigenvalue weighted by Gasteiger charge is -2.14. The summed E-state index contributed by atoms with van der Waals surface area (Å²) in [5.41, 5.74) is 2.11. The summed E-state index contributed by atoms with van der Waals surface area (Å²) in [6, 6.07) is 12.8. The molecule has 2 aromatic carbocycles. The molecule has 1 atom stereocenters. The number of thioether (sulfide) groups is 1. The van der Waals surface area contributed by atoms with Crippen LogP contribution in [-0.4, -0.2) is 29.1 Å². The number of hydrogen-bond acceptors (Lipinski definition) is 4. The number of aromatic amines is 1. The van der Waals surface area contributed by atoms with Crippen LogP contribution >= 0.6 is 23.4 Å². The zero-order valence-electron chi connectivity index (χ0n) is 18.7. The number of ketones is 1. The van der Waals surface area contributed by atoms with Crippen LogP contribution in [0, 0.1) is 5.92 Å². The summed E-state index contributed by atoms with van der Waals surface area (Å²) in [5.74, 6) is 0.828. The molecule has 0 aliphatic heterocycles. The molecule has 0 spiro atoms. The highest BCUT2D eigenvalue weighted by Crippen LogP contribution is 2.32. The minimum absolute atomic E-state index is 0.0573.